The van der Waals surface area contributed by atoms with Gasteiger partial charge in [-0.3, -0.25) is 14.5 Å². The second kappa shape index (κ2) is 6.91. The maximum Gasteiger partial charge on any atom is 0.416 e. The van der Waals surface area contributed by atoms with Crippen LogP contribution < -0.4 is 5.32 Å². The summed E-state index contributed by atoms with van der Waals surface area (Å²) in [6, 6.07) is 9.82. The van der Waals surface area contributed by atoms with Crippen molar-refractivity contribution in [1.29, 1.82) is 0 Å². The van der Waals surface area contributed by atoms with E-state index in [1.54, 1.807) is 24.3 Å². The van der Waals surface area contributed by atoms with Crippen LogP contribution in [0.2, 0.25) is 0 Å². The molecule has 0 spiro atoms. The molecule has 0 aliphatic carbocycles. The van der Waals surface area contributed by atoms with E-state index in [9.17, 15) is 27.6 Å². The first kappa shape index (κ1) is 19.0. The highest BCUT2D eigenvalue weighted by Gasteiger charge is 2.46. The van der Waals surface area contributed by atoms with Gasteiger partial charge in [-0.05, 0) is 30.7 Å². The van der Waals surface area contributed by atoms with Gasteiger partial charge in [-0.25, -0.2) is 4.79 Å². The van der Waals surface area contributed by atoms with E-state index in [2.05, 4.69) is 5.32 Å². The standard InChI is InChI=1S/C20H15F3N2O4/c21-20(22,23)11-4-3-5-12(10-11)24-17(27)15-8-9-16(26)25(15)18-13-6-1-2-7-14(13)19(28)29-18/h1-7,10,15,18H,8-9H2,(H,24,27)/t15-,18-/m1/s1. The molecule has 4 rings (SSSR count). The summed E-state index contributed by atoms with van der Waals surface area (Å²) in [4.78, 5) is 38.4. The fourth-order valence-electron chi connectivity index (χ4n) is 3.59. The van der Waals surface area contributed by atoms with Crippen molar-refractivity contribution in [2.24, 2.45) is 0 Å². The van der Waals surface area contributed by atoms with E-state index in [-0.39, 0.29) is 24.4 Å². The van der Waals surface area contributed by atoms with E-state index >= 15 is 0 Å². The second-order valence-electron chi connectivity index (χ2n) is 6.77. The molecule has 0 radical (unpaired) electrons. The van der Waals surface area contributed by atoms with Crippen molar-refractivity contribution in [3.63, 3.8) is 0 Å². The number of fused-ring (bicyclic) bond motifs is 1. The van der Waals surface area contributed by atoms with Gasteiger partial charge in [-0.2, -0.15) is 13.2 Å². The lowest BCUT2D eigenvalue weighted by Crippen LogP contribution is -2.43. The van der Waals surface area contributed by atoms with E-state index in [1.807, 2.05) is 0 Å². The van der Waals surface area contributed by atoms with Gasteiger partial charge in [0.2, 0.25) is 18.0 Å². The van der Waals surface area contributed by atoms with Crippen LogP contribution in [0.4, 0.5) is 18.9 Å². The normalized spacial score (nSPS) is 21.1. The number of nitrogens with zero attached hydrogens (tertiary/aromatic N) is 1. The predicted molar refractivity (Wildman–Crippen MR) is 94.5 cm³/mol. The van der Waals surface area contributed by atoms with E-state index in [1.165, 1.54) is 17.0 Å². The van der Waals surface area contributed by atoms with E-state index < -0.39 is 35.9 Å². The molecule has 1 fully saturated rings. The van der Waals surface area contributed by atoms with Crippen molar-refractivity contribution >= 4 is 23.5 Å². The van der Waals surface area contributed by atoms with Gasteiger partial charge < -0.3 is 10.1 Å². The number of rotatable bonds is 3. The van der Waals surface area contributed by atoms with Crippen LogP contribution in [0.1, 0.15) is 40.6 Å². The number of cyclic esters (lactones) is 1. The molecule has 6 nitrogen and oxygen atoms in total. The number of hydrogen-bond acceptors (Lipinski definition) is 4. The zero-order valence-electron chi connectivity index (χ0n) is 14.9. The van der Waals surface area contributed by atoms with Gasteiger partial charge in [0.15, 0.2) is 0 Å². The Hall–Kier alpha value is -3.36. The molecule has 0 bridgehead atoms. The number of alkyl halides is 3. The maximum atomic E-state index is 12.9. The lowest BCUT2D eigenvalue weighted by molar-refractivity contribution is -0.144. The summed E-state index contributed by atoms with van der Waals surface area (Å²) in [6.07, 6.45) is -5.35. The molecule has 0 aromatic heterocycles. The monoisotopic (exact) mass is 404 g/mol. The van der Waals surface area contributed by atoms with Crippen LogP contribution in [0.15, 0.2) is 48.5 Å². The zero-order chi connectivity index (χ0) is 20.8. The van der Waals surface area contributed by atoms with Gasteiger partial charge >= 0.3 is 12.1 Å². The molecule has 9 heteroatoms. The van der Waals surface area contributed by atoms with Crippen molar-refractivity contribution in [2.45, 2.75) is 31.3 Å². The first-order valence-electron chi connectivity index (χ1n) is 8.85. The summed E-state index contributed by atoms with van der Waals surface area (Å²) < 4.78 is 44.0. The molecular weight excluding hydrogens is 389 g/mol. The number of anilines is 1. The molecule has 2 heterocycles. The predicted octanol–water partition coefficient (Wildman–Crippen LogP) is 3.50. The summed E-state index contributed by atoms with van der Waals surface area (Å²) in [6.45, 7) is 0. The zero-order valence-corrected chi connectivity index (χ0v) is 14.9. The molecule has 0 saturated carbocycles. The number of amides is 2. The second-order valence-corrected chi connectivity index (χ2v) is 6.77. The molecule has 2 atom stereocenters. The summed E-state index contributed by atoms with van der Waals surface area (Å²) in [5.41, 5.74) is -0.139. The Morgan fingerprint density at radius 3 is 2.62 bits per heavy atom. The van der Waals surface area contributed by atoms with Crippen molar-refractivity contribution in [2.75, 3.05) is 5.32 Å². The molecule has 1 saturated heterocycles. The number of nitrogens with one attached hydrogen (secondary N) is 1. The molecule has 2 aliphatic rings. The molecule has 2 aromatic carbocycles. The molecule has 2 aromatic rings. The van der Waals surface area contributed by atoms with Gasteiger partial charge in [0.1, 0.15) is 6.04 Å². The average molecular weight is 404 g/mol. The Morgan fingerprint density at radius 1 is 1.10 bits per heavy atom. The third kappa shape index (κ3) is 3.43. The first-order valence-corrected chi connectivity index (χ1v) is 8.85. The number of hydrogen-bond donors (Lipinski definition) is 1. The minimum Gasteiger partial charge on any atom is -0.433 e. The number of halogens is 3. The van der Waals surface area contributed by atoms with Crippen LogP contribution >= 0.6 is 0 Å². The Labute approximate surface area is 163 Å². The third-order valence-electron chi connectivity index (χ3n) is 4.93. The van der Waals surface area contributed by atoms with E-state index in [4.69, 9.17) is 4.74 Å². The van der Waals surface area contributed by atoms with Gasteiger partial charge in [-0.15, -0.1) is 0 Å². The fourth-order valence-corrected chi connectivity index (χ4v) is 3.59. The summed E-state index contributed by atoms with van der Waals surface area (Å²) in [7, 11) is 0. The first-order chi connectivity index (χ1) is 13.8. The van der Waals surface area contributed by atoms with Gasteiger partial charge in [-0.1, -0.05) is 24.3 Å². The Bertz CT molecular complexity index is 1010. The maximum absolute atomic E-state index is 12.9. The highest BCUT2D eigenvalue weighted by Crippen LogP contribution is 2.38. The van der Waals surface area contributed by atoms with Crippen molar-refractivity contribution in [1.82, 2.24) is 4.90 Å². The minimum atomic E-state index is -4.54. The number of likely N-dealkylation sites (tertiary alicyclic amines) is 1. The molecule has 1 N–H and O–H groups in total. The summed E-state index contributed by atoms with van der Waals surface area (Å²) in [5.74, 6) is -1.61. The summed E-state index contributed by atoms with van der Waals surface area (Å²) in [5, 5.41) is 2.43. The Morgan fingerprint density at radius 2 is 1.86 bits per heavy atom. The average Bonchev–Trinajstić information content (AvgIpc) is 3.21. The van der Waals surface area contributed by atoms with Gasteiger partial charge in [0.05, 0.1) is 11.1 Å². The van der Waals surface area contributed by atoms with Crippen molar-refractivity contribution in [3.05, 3.63) is 65.2 Å². The van der Waals surface area contributed by atoms with Crippen LogP contribution in [0, 0.1) is 0 Å². The lowest BCUT2D eigenvalue weighted by Gasteiger charge is -2.29. The number of carbonyl (C=O) groups excluding carboxylic acids is 3. The SMILES string of the molecule is O=C1O[C@@H](N2C(=O)CC[C@@H]2C(=O)Nc2cccc(C(F)(F)F)c2)c2ccccc21. The smallest absolute Gasteiger partial charge is 0.416 e. The largest absolute Gasteiger partial charge is 0.433 e. The molecule has 29 heavy (non-hydrogen) atoms. The third-order valence-corrected chi connectivity index (χ3v) is 4.93. The number of benzene rings is 2. The number of esters is 1. The number of carbonyl (C=O) groups is 3. The highest BCUT2D eigenvalue weighted by atomic mass is 19.4. The summed E-state index contributed by atoms with van der Waals surface area (Å²) >= 11 is 0. The lowest BCUT2D eigenvalue weighted by atomic mass is 10.1. The van der Waals surface area contributed by atoms with Crippen LogP contribution in [-0.2, 0) is 20.5 Å². The Kier molecular flexibility index (Phi) is 4.52. The molecular formula is C20H15F3N2O4. The van der Waals surface area contributed by atoms with Crippen LogP contribution in [0.25, 0.3) is 0 Å². The van der Waals surface area contributed by atoms with Crippen LogP contribution in [-0.4, -0.2) is 28.7 Å². The van der Waals surface area contributed by atoms with Crippen molar-refractivity contribution < 1.29 is 32.3 Å². The minimum absolute atomic E-state index is 0.0343. The van der Waals surface area contributed by atoms with E-state index in [0.29, 0.717) is 11.1 Å². The van der Waals surface area contributed by atoms with Crippen LogP contribution in [0.3, 0.4) is 0 Å². The van der Waals surface area contributed by atoms with Crippen molar-refractivity contribution in [3.8, 4) is 0 Å². The fraction of sp³-hybridized carbons (Fsp3) is 0.250. The number of ether oxygens (including phenoxy) is 1. The van der Waals surface area contributed by atoms with E-state index in [0.717, 1.165) is 12.1 Å². The molecule has 0 unspecified atom stereocenters. The quantitative estimate of drug-likeness (QED) is 0.795. The Balaban J connectivity index is 1.58. The molecule has 2 aliphatic heterocycles. The van der Waals surface area contributed by atoms with Gasteiger partial charge in [0.25, 0.3) is 0 Å². The molecule has 2 amide bonds. The highest BCUT2D eigenvalue weighted by molar-refractivity contribution is 6.00. The van der Waals surface area contributed by atoms with Crippen LogP contribution in [0.5, 0.6) is 0 Å². The molecule has 150 valence electrons. The topological polar surface area (TPSA) is 75.7 Å². The van der Waals surface area contributed by atoms with Gasteiger partial charge in [0, 0.05) is 17.7 Å².